The predicted octanol–water partition coefficient (Wildman–Crippen LogP) is 3.58. The maximum Gasteiger partial charge on any atom is 0.274 e. The molecule has 0 saturated heterocycles. The van der Waals surface area contributed by atoms with Crippen LogP contribution in [0, 0.1) is 5.92 Å². The highest BCUT2D eigenvalue weighted by Crippen LogP contribution is 2.17. The molecule has 1 aromatic heterocycles. The van der Waals surface area contributed by atoms with Gasteiger partial charge in [0.1, 0.15) is 23.6 Å². The number of carbonyl (C=O) groups excluding carboxylic acids is 1. The van der Waals surface area contributed by atoms with E-state index < -0.39 is 0 Å². The topological polar surface area (TPSA) is 76.1 Å². The highest BCUT2D eigenvalue weighted by molar-refractivity contribution is 6.03. The standard InChI is InChI=1S/C18H24N4O2/c1-12(2)10-19-17-9-16(20-11-21-17)18(23)22-14-5-7-15(8-6-14)24-13(3)4/h5-9,11-13H,10H2,1-4H3,(H,22,23)(H,19,20,21). The first-order chi connectivity index (χ1) is 11.4. The maximum atomic E-state index is 12.3. The molecule has 0 aliphatic heterocycles. The van der Waals surface area contributed by atoms with Gasteiger partial charge in [-0.1, -0.05) is 13.8 Å². The van der Waals surface area contributed by atoms with Crippen molar-refractivity contribution in [1.29, 1.82) is 0 Å². The minimum atomic E-state index is -0.275. The highest BCUT2D eigenvalue weighted by Gasteiger charge is 2.10. The van der Waals surface area contributed by atoms with Crippen LogP contribution in [0.1, 0.15) is 38.2 Å². The molecule has 24 heavy (non-hydrogen) atoms. The second-order valence-electron chi connectivity index (χ2n) is 6.21. The molecule has 0 aliphatic carbocycles. The van der Waals surface area contributed by atoms with Gasteiger partial charge in [-0.25, -0.2) is 9.97 Å². The maximum absolute atomic E-state index is 12.3. The molecule has 1 aromatic carbocycles. The lowest BCUT2D eigenvalue weighted by Gasteiger charge is -2.11. The molecule has 0 fully saturated rings. The van der Waals surface area contributed by atoms with Crippen molar-refractivity contribution in [3.05, 3.63) is 42.4 Å². The third kappa shape index (κ3) is 5.53. The smallest absolute Gasteiger partial charge is 0.274 e. The number of nitrogens with one attached hydrogen (secondary N) is 2. The van der Waals surface area contributed by atoms with Crippen LogP contribution in [0.3, 0.4) is 0 Å². The molecule has 0 atom stereocenters. The molecule has 2 N–H and O–H groups in total. The van der Waals surface area contributed by atoms with Crippen molar-refractivity contribution in [3.63, 3.8) is 0 Å². The van der Waals surface area contributed by atoms with Gasteiger partial charge in [-0.15, -0.1) is 0 Å². The lowest BCUT2D eigenvalue weighted by molar-refractivity contribution is 0.102. The fourth-order valence-electron chi connectivity index (χ4n) is 1.97. The van der Waals surface area contributed by atoms with E-state index in [0.717, 1.165) is 12.3 Å². The van der Waals surface area contributed by atoms with E-state index in [1.165, 1.54) is 6.33 Å². The van der Waals surface area contributed by atoms with Crippen LogP contribution in [0.4, 0.5) is 11.5 Å². The average Bonchev–Trinajstić information content (AvgIpc) is 2.54. The summed E-state index contributed by atoms with van der Waals surface area (Å²) < 4.78 is 5.58. The molecular formula is C18H24N4O2. The van der Waals surface area contributed by atoms with Crippen LogP contribution in [0.15, 0.2) is 36.7 Å². The van der Waals surface area contributed by atoms with Gasteiger partial charge in [-0.05, 0) is 44.0 Å². The van der Waals surface area contributed by atoms with Crippen molar-refractivity contribution in [2.24, 2.45) is 5.92 Å². The Hall–Kier alpha value is -2.63. The molecule has 0 bridgehead atoms. The number of hydrogen-bond donors (Lipinski definition) is 2. The first-order valence-electron chi connectivity index (χ1n) is 8.08. The highest BCUT2D eigenvalue weighted by atomic mass is 16.5. The van der Waals surface area contributed by atoms with Gasteiger partial charge >= 0.3 is 0 Å². The summed E-state index contributed by atoms with van der Waals surface area (Å²) in [7, 11) is 0. The molecule has 0 saturated carbocycles. The summed E-state index contributed by atoms with van der Waals surface area (Å²) in [5.41, 5.74) is 1.00. The summed E-state index contributed by atoms with van der Waals surface area (Å²) in [6.45, 7) is 8.93. The molecular weight excluding hydrogens is 304 g/mol. The monoisotopic (exact) mass is 328 g/mol. The Morgan fingerprint density at radius 3 is 2.46 bits per heavy atom. The van der Waals surface area contributed by atoms with Crippen molar-refractivity contribution in [2.75, 3.05) is 17.2 Å². The molecule has 1 amide bonds. The fraction of sp³-hybridized carbons (Fsp3) is 0.389. The average molecular weight is 328 g/mol. The summed E-state index contributed by atoms with van der Waals surface area (Å²) in [5.74, 6) is 1.63. The van der Waals surface area contributed by atoms with Crippen LogP contribution >= 0.6 is 0 Å². The van der Waals surface area contributed by atoms with Gasteiger partial charge in [0.25, 0.3) is 5.91 Å². The zero-order valence-electron chi connectivity index (χ0n) is 14.5. The van der Waals surface area contributed by atoms with Gasteiger partial charge in [0, 0.05) is 18.3 Å². The minimum Gasteiger partial charge on any atom is -0.491 e. The summed E-state index contributed by atoms with van der Waals surface area (Å²) in [6.07, 6.45) is 1.50. The van der Waals surface area contributed by atoms with E-state index in [1.807, 2.05) is 26.0 Å². The Morgan fingerprint density at radius 2 is 1.83 bits per heavy atom. The number of nitrogens with zero attached hydrogens (tertiary/aromatic N) is 2. The van der Waals surface area contributed by atoms with Crippen LogP contribution in [0.2, 0.25) is 0 Å². The van der Waals surface area contributed by atoms with E-state index in [0.29, 0.717) is 23.1 Å². The number of rotatable bonds is 7. The minimum absolute atomic E-state index is 0.114. The van der Waals surface area contributed by atoms with Gasteiger partial charge in [-0.2, -0.15) is 0 Å². The van der Waals surface area contributed by atoms with Crippen LogP contribution in [0.25, 0.3) is 0 Å². The van der Waals surface area contributed by atoms with Gasteiger partial charge in [0.05, 0.1) is 6.10 Å². The van der Waals surface area contributed by atoms with E-state index in [9.17, 15) is 4.79 Å². The Bertz CT molecular complexity index is 669. The molecule has 0 spiro atoms. The Morgan fingerprint density at radius 1 is 1.12 bits per heavy atom. The molecule has 6 heteroatoms. The van der Waals surface area contributed by atoms with Gasteiger partial charge < -0.3 is 15.4 Å². The normalized spacial score (nSPS) is 10.8. The third-order valence-electron chi connectivity index (χ3n) is 3.08. The summed E-state index contributed by atoms with van der Waals surface area (Å²) in [6, 6.07) is 8.90. The summed E-state index contributed by atoms with van der Waals surface area (Å²) in [4.78, 5) is 20.5. The Labute approximate surface area is 142 Å². The number of amides is 1. The zero-order chi connectivity index (χ0) is 17.5. The predicted molar refractivity (Wildman–Crippen MR) is 95.5 cm³/mol. The van der Waals surface area contributed by atoms with Crippen LogP contribution < -0.4 is 15.4 Å². The number of aromatic nitrogens is 2. The lowest BCUT2D eigenvalue weighted by atomic mass is 10.2. The van der Waals surface area contributed by atoms with Gasteiger partial charge in [-0.3, -0.25) is 4.79 Å². The molecule has 1 heterocycles. The van der Waals surface area contributed by atoms with Crippen molar-refractivity contribution in [3.8, 4) is 5.75 Å². The number of ether oxygens (including phenoxy) is 1. The number of hydrogen-bond acceptors (Lipinski definition) is 5. The zero-order valence-corrected chi connectivity index (χ0v) is 14.5. The lowest BCUT2D eigenvalue weighted by Crippen LogP contribution is -2.15. The van der Waals surface area contributed by atoms with E-state index in [-0.39, 0.29) is 12.0 Å². The van der Waals surface area contributed by atoms with Crippen molar-refractivity contribution in [2.45, 2.75) is 33.8 Å². The molecule has 0 unspecified atom stereocenters. The van der Waals surface area contributed by atoms with Crippen molar-refractivity contribution in [1.82, 2.24) is 9.97 Å². The van der Waals surface area contributed by atoms with E-state index in [2.05, 4.69) is 34.4 Å². The van der Waals surface area contributed by atoms with Crippen LogP contribution in [-0.4, -0.2) is 28.5 Å². The Balaban J connectivity index is 2.00. The van der Waals surface area contributed by atoms with E-state index >= 15 is 0 Å². The number of benzene rings is 1. The second-order valence-corrected chi connectivity index (χ2v) is 6.21. The molecule has 0 aliphatic rings. The van der Waals surface area contributed by atoms with Crippen LogP contribution in [0.5, 0.6) is 5.75 Å². The van der Waals surface area contributed by atoms with E-state index in [1.54, 1.807) is 18.2 Å². The second kappa shape index (κ2) is 8.29. The first kappa shape index (κ1) is 17.7. The molecule has 128 valence electrons. The fourth-order valence-corrected chi connectivity index (χ4v) is 1.97. The molecule has 0 radical (unpaired) electrons. The van der Waals surface area contributed by atoms with Gasteiger partial charge in [0.2, 0.25) is 0 Å². The van der Waals surface area contributed by atoms with Crippen molar-refractivity contribution < 1.29 is 9.53 Å². The first-order valence-corrected chi connectivity index (χ1v) is 8.08. The third-order valence-corrected chi connectivity index (χ3v) is 3.08. The van der Waals surface area contributed by atoms with E-state index in [4.69, 9.17) is 4.74 Å². The number of anilines is 2. The SMILES string of the molecule is CC(C)CNc1cc(C(=O)Nc2ccc(OC(C)C)cc2)ncn1. The summed E-state index contributed by atoms with van der Waals surface area (Å²) in [5, 5.41) is 6.00. The quantitative estimate of drug-likeness (QED) is 0.812. The molecule has 2 rings (SSSR count). The molecule has 2 aromatic rings. The number of carbonyl (C=O) groups is 1. The molecule has 6 nitrogen and oxygen atoms in total. The summed E-state index contributed by atoms with van der Waals surface area (Å²) >= 11 is 0. The Kier molecular flexibility index (Phi) is 6.12. The van der Waals surface area contributed by atoms with Crippen molar-refractivity contribution >= 4 is 17.4 Å². The van der Waals surface area contributed by atoms with Crippen LogP contribution in [-0.2, 0) is 0 Å². The van der Waals surface area contributed by atoms with Gasteiger partial charge in [0.15, 0.2) is 0 Å². The largest absolute Gasteiger partial charge is 0.491 e.